The molecule has 0 saturated heterocycles. The second kappa shape index (κ2) is 5.69. The van der Waals surface area contributed by atoms with Crippen LogP contribution in [0.3, 0.4) is 0 Å². The van der Waals surface area contributed by atoms with Gasteiger partial charge in [0.05, 0.1) is 16.9 Å². The maximum Gasteiger partial charge on any atom is 0.123 e. The van der Waals surface area contributed by atoms with E-state index in [1.807, 2.05) is 24.3 Å². The van der Waals surface area contributed by atoms with E-state index in [4.69, 9.17) is 0 Å². The Hall–Kier alpha value is -2.14. The largest absolute Gasteiger partial charge is 0.549 e. The molecule has 3 rings (SSSR count). The van der Waals surface area contributed by atoms with Gasteiger partial charge in [0.2, 0.25) is 0 Å². The number of nitrogens with zero attached hydrogens (tertiary/aromatic N) is 1. The smallest absolute Gasteiger partial charge is 0.123 e. The number of fused-ring (bicyclic) bond motifs is 1. The fourth-order valence-electron chi connectivity index (χ4n) is 2.17. The first-order valence-corrected chi connectivity index (χ1v) is 7.31. The van der Waals surface area contributed by atoms with Crippen molar-refractivity contribution in [3.8, 4) is 0 Å². The summed E-state index contributed by atoms with van der Waals surface area (Å²) in [5.41, 5.74) is 2.08. The van der Waals surface area contributed by atoms with Crippen molar-refractivity contribution in [1.29, 1.82) is 0 Å². The first-order valence-electron chi connectivity index (χ1n) is 6.43. The lowest BCUT2D eigenvalue weighted by Gasteiger charge is -2.16. The van der Waals surface area contributed by atoms with Gasteiger partial charge in [0, 0.05) is 17.0 Å². The van der Waals surface area contributed by atoms with E-state index in [1.54, 1.807) is 12.1 Å². The number of para-hydroxylation sites is 1. The second-order valence-corrected chi connectivity index (χ2v) is 5.91. The van der Waals surface area contributed by atoms with E-state index in [1.165, 1.54) is 23.9 Å². The van der Waals surface area contributed by atoms with Gasteiger partial charge in [-0.1, -0.05) is 24.3 Å². The van der Waals surface area contributed by atoms with E-state index >= 15 is 0 Å². The van der Waals surface area contributed by atoms with E-state index < -0.39 is 11.2 Å². The molecule has 0 aliphatic carbocycles. The van der Waals surface area contributed by atoms with E-state index in [2.05, 4.69) is 4.99 Å². The van der Waals surface area contributed by atoms with E-state index in [9.17, 15) is 14.3 Å². The Morgan fingerprint density at radius 2 is 1.90 bits per heavy atom. The molecule has 5 heteroatoms. The number of hydrogen-bond donors (Lipinski definition) is 0. The van der Waals surface area contributed by atoms with Crippen molar-refractivity contribution in [2.75, 3.05) is 0 Å². The molecule has 1 aliphatic rings. The van der Waals surface area contributed by atoms with Crippen LogP contribution in [0.2, 0.25) is 0 Å². The molecule has 106 valence electrons. The number of carboxylic acid groups (broad SMARTS) is 1. The Labute approximate surface area is 125 Å². The Kier molecular flexibility index (Phi) is 3.75. The van der Waals surface area contributed by atoms with Gasteiger partial charge in [0.25, 0.3) is 0 Å². The van der Waals surface area contributed by atoms with Crippen LogP contribution in [0.25, 0.3) is 0 Å². The molecule has 0 spiro atoms. The van der Waals surface area contributed by atoms with Crippen molar-refractivity contribution in [2.24, 2.45) is 4.99 Å². The molecule has 0 N–H and O–H groups in total. The Morgan fingerprint density at radius 1 is 1.19 bits per heavy atom. The minimum Gasteiger partial charge on any atom is -0.549 e. The predicted molar refractivity (Wildman–Crippen MR) is 78.3 cm³/mol. The SMILES string of the molecule is O=C([O-])[C@H]1CC(c2ccc(F)cc2)=Nc2ccccc2S1. The molecular weight excluding hydrogens is 289 g/mol. The fraction of sp³-hybridized carbons (Fsp3) is 0.125. The number of aliphatic imine (C=N–C) groups is 1. The number of carbonyl (C=O) groups is 1. The summed E-state index contributed by atoms with van der Waals surface area (Å²) in [6, 6.07) is 13.3. The standard InChI is InChI=1S/C16H12FNO2S/c17-11-7-5-10(6-8-11)13-9-15(16(19)20)21-14-4-2-1-3-12(14)18-13/h1-8,15H,9H2,(H,19,20)/p-1/t15-/m1/s1. The Bertz CT molecular complexity index is 712. The summed E-state index contributed by atoms with van der Waals surface area (Å²) in [7, 11) is 0. The molecule has 2 aromatic rings. The molecule has 0 unspecified atom stereocenters. The van der Waals surface area contributed by atoms with Crippen molar-refractivity contribution in [3.63, 3.8) is 0 Å². The highest BCUT2D eigenvalue weighted by Gasteiger charge is 2.21. The monoisotopic (exact) mass is 300 g/mol. The minimum atomic E-state index is -1.12. The topological polar surface area (TPSA) is 52.5 Å². The number of thioether (sulfide) groups is 1. The summed E-state index contributed by atoms with van der Waals surface area (Å²) in [4.78, 5) is 16.7. The van der Waals surface area contributed by atoms with Crippen LogP contribution in [-0.4, -0.2) is 16.9 Å². The molecule has 0 bridgehead atoms. The van der Waals surface area contributed by atoms with E-state index in [0.717, 1.165) is 16.1 Å². The molecule has 0 radical (unpaired) electrons. The predicted octanol–water partition coefficient (Wildman–Crippen LogP) is 2.56. The molecule has 3 nitrogen and oxygen atoms in total. The maximum atomic E-state index is 13.0. The van der Waals surface area contributed by atoms with Gasteiger partial charge in [-0.25, -0.2) is 4.39 Å². The van der Waals surface area contributed by atoms with Gasteiger partial charge in [-0.15, -0.1) is 11.8 Å². The number of hydrogen-bond acceptors (Lipinski definition) is 4. The highest BCUT2D eigenvalue weighted by molar-refractivity contribution is 8.00. The Morgan fingerprint density at radius 3 is 2.62 bits per heavy atom. The zero-order valence-electron chi connectivity index (χ0n) is 11.0. The highest BCUT2D eigenvalue weighted by Crippen LogP contribution is 2.37. The number of aliphatic carboxylic acids is 1. The maximum absolute atomic E-state index is 13.0. The normalized spacial score (nSPS) is 17.6. The van der Waals surface area contributed by atoms with Crippen LogP contribution < -0.4 is 5.11 Å². The fourth-order valence-corrected chi connectivity index (χ4v) is 3.20. The van der Waals surface area contributed by atoms with E-state index in [0.29, 0.717) is 5.71 Å². The van der Waals surface area contributed by atoms with Gasteiger partial charge in [-0.05, 0) is 29.8 Å². The van der Waals surface area contributed by atoms with E-state index in [-0.39, 0.29) is 12.2 Å². The number of carboxylic acids is 1. The first kappa shape index (κ1) is 13.8. The summed E-state index contributed by atoms with van der Waals surface area (Å²) in [5, 5.41) is 10.6. The lowest BCUT2D eigenvalue weighted by Crippen LogP contribution is -2.34. The summed E-state index contributed by atoms with van der Waals surface area (Å²) < 4.78 is 13.0. The van der Waals surface area contributed by atoms with Gasteiger partial charge in [-0.2, -0.15) is 0 Å². The lowest BCUT2D eigenvalue weighted by molar-refractivity contribution is -0.304. The van der Waals surface area contributed by atoms with Crippen molar-refractivity contribution in [3.05, 3.63) is 59.9 Å². The van der Waals surface area contributed by atoms with Crippen LogP contribution >= 0.6 is 11.8 Å². The van der Waals surface area contributed by atoms with Crippen molar-refractivity contribution in [2.45, 2.75) is 16.6 Å². The zero-order chi connectivity index (χ0) is 14.8. The lowest BCUT2D eigenvalue weighted by atomic mass is 10.1. The molecule has 0 fully saturated rings. The number of rotatable bonds is 2. The third kappa shape index (κ3) is 2.97. The first-order chi connectivity index (χ1) is 10.1. The number of carbonyl (C=O) groups excluding carboxylic acids is 1. The van der Waals surface area contributed by atoms with Crippen LogP contribution in [0, 0.1) is 5.82 Å². The third-order valence-corrected chi connectivity index (χ3v) is 4.45. The van der Waals surface area contributed by atoms with Crippen LogP contribution in [0.4, 0.5) is 10.1 Å². The Balaban J connectivity index is 2.07. The molecule has 1 atom stereocenters. The highest BCUT2D eigenvalue weighted by atomic mass is 32.2. The van der Waals surface area contributed by atoms with Gasteiger partial charge >= 0.3 is 0 Å². The summed E-state index contributed by atoms with van der Waals surface area (Å²) in [6.07, 6.45) is 0.243. The average Bonchev–Trinajstić information content (AvgIpc) is 2.67. The zero-order valence-corrected chi connectivity index (χ0v) is 11.8. The molecule has 1 heterocycles. The van der Waals surface area contributed by atoms with Crippen LogP contribution in [0.5, 0.6) is 0 Å². The summed E-state index contributed by atoms with van der Waals surface area (Å²) in [5.74, 6) is -1.45. The molecule has 2 aromatic carbocycles. The number of halogens is 1. The summed E-state index contributed by atoms with van der Waals surface area (Å²) in [6.45, 7) is 0. The van der Waals surface area contributed by atoms with Crippen molar-refractivity contribution < 1.29 is 14.3 Å². The summed E-state index contributed by atoms with van der Waals surface area (Å²) >= 11 is 1.24. The van der Waals surface area contributed by atoms with Crippen molar-refractivity contribution in [1.82, 2.24) is 0 Å². The molecule has 21 heavy (non-hydrogen) atoms. The van der Waals surface area contributed by atoms with Gasteiger partial charge < -0.3 is 9.90 Å². The average molecular weight is 300 g/mol. The second-order valence-electron chi connectivity index (χ2n) is 4.66. The molecule has 1 aliphatic heterocycles. The van der Waals surface area contributed by atoms with Crippen LogP contribution in [0.1, 0.15) is 12.0 Å². The van der Waals surface area contributed by atoms with Crippen LogP contribution in [-0.2, 0) is 4.79 Å². The molecule has 0 amide bonds. The minimum absolute atomic E-state index is 0.243. The quantitative estimate of drug-likeness (QED) is 0.856. The van der Waals surface area contributed by atoms with Crippen LogP contribution in [0.15, 0.2) is 58.4 Å². The molecular formula is C16H11FNO2S-. The van der Waals surface area contributed by atoms with Gasteiger partial charge in [-0.3, -0.25) is 4.99 Å². The van der Waals surface area contributed by atoms with Gasteiger partial charge in [0.1, 0.15) is 5.82 Å². The van der Waals surface area contributed by atoms with Gasteiger partial charge in [0.15, 0.2) is 0 Å². The van der Waals surface area contributed by atoms with Crippen molar-refractivity contribution >= 4 is 29.1 Å². The number of benzene rings is 2. The third-order valence-electron chi connectivity index (χ3n) is 3.21. The molecule has 0 saturated carbocycles. The molecule has 0 aromatic heterocycles.